The fraction of sp³-hybridized carbons (Fsp3) is 0.520. The number of rotatable bonds is 10. The molecule has 10 nitrogen and oxygen atoms in total. The summed E-state index contributed by atoms with van der Waals surface area (Å²) in [5, 5.41) is 10.1. The fourth-order valence-electron chi connectivity index (χ4n) is 3.87. The molecule has 10 heteroatoms. The summed E-state index contributed by atoms with van der Waals surface area (Å²) in [6.07, 6.45) is 0.844. The molecule has 190 valence electrons. The largest absolute Gasteiger partial charge is 0.493 e. The minimum Gasteiger partial charge on any atom is -0.493 e. The molecule has 0 radical (unpaired) electrons. The number of benzene rings is 1. The number of likely N-dealkylation sites (N-methyl/N-ethyl adjacent to an activating group) is 1. The summed E-state index contributed by atoms with van der Waals surface area (Å²) in [7, 11) is 3.15. The third kappa shape index (κ3) is 5.58. The Bertz CT molecular complexity index is 1100. The number of carbonyl (C=O) groups is 3. The summed E-state index contributed by atoms with van der Waals surface area (Å²) in [6.45, 7) is 9.21. The molecule has 0 spiro atoms. The first kappa shape index (κ1) is 26.1. The van der Waals surface area contributed by atoms with Crippen molar-refractivity contribution in [2.75, 3.05) is 27.3 Å². The van der Waals surface area contributed by atoms with Gasteiger partial charge in [-0.15, -0.1) is 0 Å². The summed E-state index contributed by atoms with van der Waals surface area (Å²) >= 11 is 0. The van der Waals surface area contributed by atoms with Crippen LogP contribution in [0.15, 0.2) is 24.3 Å². The number of nitrogens with zero attached hydrogens (tertiary/aromatic N) is 3. The molecule has 2 aromatic rings. The van der Waals surface area contributed by atoms with Gasteiger partial charge < -0.3 is 25.0 Å². The second-order valence-corrected chi connectivity index (χ2v) is 9.25. The van der Waals surface area contributed by atoms with Crippen LogP contribution in [0.5, 0.6) is 11.5 Å². The second kappa shape index (κ2) is 10.8. The Hall–Kier alpha value is -3.56. The summed E-state index contributed by atoms with van der Waals surface area (Å²) in [6, 6.07) is 6.89. The van der Waals surface area contributed by atoms with Crippen molar-refractivity contribution in [1.29, 1.82) is 0 Å². The van der Waals surface area contributed by atoms with Crippen LogP contribution >= 0.6 is 0 Å². The lowest BCUT2D eigenvalue weighted by Crippen LogP contribution is -2.62. The molecular weight excluding hydrogens is 450 g/mol. The van der Waals surface area contributed by atoms with Crippen molar-refractivity contribution in [3.8, 4) is 11.5 Å². The highest BCUT2D eigenvalue weighted by Crippen LogP contribution is 2.28. The van der Waals surface area contributed by atoms with Gasteiger partial charge in [-0.05, 0) is 43.9 Å². The van der Waals surface area contributed by atoms with E-state index in [1.165, 1.54) is 15.6 Å². The fourth-order valence-corrected chi connectivity index (χ4v) is 3.87. The van der Waals surface area contributed by atoms with E-state index < -0.39 is 11.4 Å². The summed E-state index contributed by atoms with van der Waals surface area (Å²) in [4.78, 5) is 40.2. The lowest BCUT2D eigenvalue weighted by molar-refractivity contribution is -0.132. The van der Waals surface area contributed by atoms with Crippen LogP contribution in [0, 0.1) is 5.92 Å². The first-order valence-electron chi connectivity index (χ1n) is 11.8. The molecule has 2 N–H and O–H groups in total. The maximum Gasteiger partial charge on any atom is 0.272 e. The van der Waals surface area contributed by atoms with Gasteiger partial charge in [0.15, 0.2) is 17.2 Å². The maximum absolute atomic E-state index is 13.0. The number of methoxy groups -OCH3 is 1. The molecule has 1 aliphatic rings. The molecule has 1 atom stereocenters. The van der Waals surface area contributed by atoms with Crippen LogP contribution in [-0.2, 0) is 17.9 Å². The van der Waals surface area contributed by atoms with Crippen LogP contribution in [0.3, 0.4) is 0 Å². The topological polar surface area (TPSA) is 115 Å². The molecule has 0 fully saturated rings. The molecule has 1 aliphatic heterocycles. The highest BCUT2D eigenvalue weighted by atomic mass is 16.5. The third-order valence-corrected chi connectivity index (χ3v) is 6.21. The number of fused-ring (bicyclic) bond motifs is 1. The SMILES string of the molecule is CCOc1ccc(CNC(=O)c2cc3n(n2)C[C@@](C)(C(=O)NCCC(C)C)N(C)C3=O)cc1OC. The lowest BCUT2D eigenvalue weighted by Gasteiger charge is -2.40. The molecule has 3 rings (SSSR count). The van der Waals surface area contributed by atoms with Crippen LogP contribution < -0.4 is 20.1 Å². The van der Waals surface area contributed by atoms with E-state index in [4.69, 9.17) is 9.47 Å². The molecule has 3 amide bonds. The Balaban J connectivity index is 1.71. The van der Waals surface area contributed by atoms with Crippen molar-refractivity contribution in [3.05, 3.63) is 41.2 Å². The van der Waals surface area contributed by atoms with Crippen LogP contribution in [0.4, 0.5) is 0 Å². The van der Waals surface area contributed by atoms with E-state index in [0.29, 0.717) is 30.6 Å². The highest BCUT2D eigenvalue weighted by Gasteiger charge is 2.46. The molecule has 0 unspecified atom stereocenters. The Morgan fingerprint density at radius 2 is 1.94 bits per heavy atom. The van der Waals surface area contributed by atoms with E-state index in [1.807, 2.05) is 13.0 Å². The number of aromatic nitrogens is 2. The Morgan fingerprint density at radius 3 is 2.60 bits per heavy atom. The van der Waals surface area contributed by atoms with Crippen LogP contribution in [0.25, 0.3) is 0 Å². The number of nitrogens with one attached hydrogen (secondary N) is 2. The number of amides is 3. The van der Waals surface area contributed by atoms with Crippen molar-refractivity contribution in [2.24, 2.45) is 5.92 Å². The van der Waals surface area contributed by atoms with E-state index in [2.05, 4.69) is 29.6 Å². The van der Waals surface area contributed by atoms with Gasteiger partial charge in [0.2, 0.25) is 5.91 Å². The average Bonchev–Trinajstić information content (AvgIpc) is 3.25. The quantitative estimate of drug-likeness (QED) is 0.533. The lowest BCUT2D eigenvalue weighted by atomic mass is 9.95. The van der Waals surface area contributed by atoms with Gasteiger partial charge in [0.1, 0.15) is 11.2 Å². The van der Waals surface area contributed by atoms with E-state index >= 15 is 0 Å². The monoisotopic (exact) mass is 485 g/mol. The van der Waals surface area contributed by atoms with Gasteiger partial charge >= 0.3 is 0 Å². The number of hydrogen-bond donors (Lipinski definition) is 2. The molecule has 2 heterocycles. The number of ether oxygens (including phenoxy) is 2. The van der Waals surface area contributed by atoms with E-state index in [0.717, 1.165) is 12.0 Å². The van der Waals surface area contributed by atoms with E-state index in [1.54, 1.807) is 33.2 Å². The normalized spacial score (nSPS) is 17.2. The van der Waals surface area contributed by atoms with Crippen molar-refractivity contribution in [1.82, 2.24) is 25.3 Å². The molecule has 0 aliphatic carbocycles. The summed E-state index contributed by atoms with van der Waals surface area (Å²) in [5.41, 5.74) is 0.0979. The maximum atomic E-state index is 13.0. The molecule has 0 saturated carbocycles. The van der Waals surface area contributed by atoms with Gasteiger partial charge in [0, 0.05) is 26.2 Å². The van der Waals surface area contributed by atoms with Crippen molar-refractivity contribution in [2.45, 2.75) is 52.7 Å². The van der Waals surface area contributed by atoms with Crippen molar-refractivity contribution < 1.29 is 23.9 Å². The highest BCUT2D eigenvalue weighted by molar-refractivity contribution is 6.01. The smallest absolute Gasteiger partial charge is 0.272 e. The predicted molar refractivity (Wildman–Crippen MR) is 131 cm³/mol. The zero-order valence-electron chi connectivity index (χ0n) is 21.3. The zero-order chi connectivity index (χ0) is 25.8. The van der Waals surface area contributed by atoms with E-state index in [-0.39, 0.29) is 36.3 Å². The van der Waals surface area contributed by atoms with Gasteiger partial charge in [-0.1, -0.05) is 19.9 Å². The Labute approximate surface area is 206 Å². The molecule has 1 aromatic heterocycles. The zero-order valence-corrected chi connectivity index (χ0v) is 21.3. The van der Waals surface area contributed by atoms with Crippen LogP contribution in [0.2, 0.25) is 0 Å². The average molecular weight is 486 g/mol. The molecule has 0 bridgehead atoms. The van der Waals surface area contributed by atoms with Gasteiger partial charge in [-0.3, -0.25) is 19.1 Å². The van der Waals surface area contributed by atoms with Gasteiger partial charge in [0.05, 0.1) is 20.3 Å². The number of hydrogen-bond acceptors (Lipinski definition) is 6. The van der Waals surface area contributed by atoms with E-state index in [9.17, 15) is 14.4 Å². The molecule has 35 heavy (non-hydrogen) atoms. The first-order chi connectivity index (χ1) is 16.6. The Morgan fingerprint density at radius 1 is 1.20 bits per heavy atom. The van der Waals surface area contributed by atoms with Crippen molar-refractivity contribution in [3.63, 3.8) is 0 Å². The van der Waals surface area contributed by atoms with Crippen LogP contribution in [-0.4, -0.2) is 65.2 Å². The second-order valence-electron chi connectivity index (χ2n) is 9.25. The minimum absolute atomic E-state index is 0.115. The summed E-state index contributed by atoms with van der Waals surface area (Å²) < 4.78 is 12.3. The predicted octanol–water partition coefficient (Wildman–Crippen LogP) is 2.23. The van der Waals surface area contributed by atoms with Gasteiger partial charge in [-0.25, -0.2) is 0 Å². The standard InChI is InChI=1S/C25H35N5O5/c1-7-35-20-9-8-17(12-21(20)34-6)14-27-22(31)18-13-19-23(32)29(5)25(4,15-30(19)28-18)24(33)26-11-10-16(2)3/h8-9,12-13,16H,7,10-11,14-15H2,1-6H3,(H,26,33)(H,27,31)/t25-/m0/s1. The third-order valence-electron chi connectivity index (χ3n) is 6.21. The van der Waals surface area contributed by atoms with Gasteiger partial charge in [-0.2, -0.15) is 5.10 Å². The first-order valence-corrected chi connectivity index (χ1v) is 11.8. The van der Waals surface area contributed by atoms with Crippen molar-refractivity contribution >= 4 is 17.7 Å². The Kier molecular flexibility index (Phi) is 8.03. The van der Waals surface area contributed by atoms with Crippen LogP contribution in [0.1, 0.15) is 60.7 Å². The summed E-state index contributed by atoms with van der Waals surface area (Å²) in [5.74, 6) is 0.641. The molecule has 1 aromatic carbocycles. The number of carbonyl (C=O) groups excluding carboxylic acids is 3. The minimum atomic E-state index is -1.11. The molecule has 0 saturated heterocycles. The van der Waals surface area contributed by atoms with Gasteiger partial charge in [0.25, 0.3) is 11.8 Å². The molecular formula is C25H35N5O5.